The Morgan fingerprint density at radius 2 is 1.11 bits per heavy atom. The molecule has 2 saturated heterocycles. The first-order valence-corrected chi connectivity index (χ1v) is 18.3. The predicted octanol–water partition coefficient (Wildman–Crippen LogP) is 7.62. The van der Waals surface area contributed by atoms with Crippen LogP contribution in [0.5, 0.6) is 0 Å². The van der Waals surface area contributed by atoms with E-state index in [4.69, 9.17) is 9.97 Å². The fraction of sp³-hybridized carbons (Fsp3) is 0.444. The lowest BCUT2D eigenvalue weighted by Crippen LogP contribution is -2.42. The van der Waals surface area contributed by atoms with Gasteiger partial charge < -0.3 is 20.4 Å². The van der Waals surface area contributed by atoms with Gasteiger partial charge in [-0.05, 0) is 64.5 Å². The Labute approximate surface area is 280 Å². The highest BCUT2D eigenvalue weighted by atomic mass is 32.1. The minimum atomic E-state index is 0.210. The van der Waals surface area contributed by atoms with Gasteiger partial charge in [-0.2, -0.15) is 0 Å². The Bertz CT molecular complexity index is 1500. The molecular formula is C36H44N6O2S2. The number of aryl methyl sites for hydroxylation is 2. The Balaban J connectivity index is 0.843. The molecule has 0 atom stereocenters. The highest BCUT2D eigenvalue weighted by molar-refractivity contribution is 7.14. The number of hydrogen-bond donors (Lipinski definition) is 2. The maximum absolute atomic E-state index is 12.9. The molecule has 0 saturated carbocycles. The molecule has 2 fully saturated rings. The number of likely N-dealkylation sites (tertiary alicyclic amines) is 2. The first kappa shape index (κ1) is 32.2. The maximum atomic E-state index is 12.9. The number of hydrogen-bond acceptors (Lipinski definition) is 8. The molecule has 0 radical (unpaired) electrons. The van der Waals surface area contributed by atoms with Crippen LogP contribution in [0.4, 0.5) is 10.3 Å². The number of rotatable bonds is 11. The van der Waals surface area contributed by atoms with Crippen LogP contribution in [0.2, 0.25) is 0 Å². The van der Waals surface area contributed by atoms with Crippen molar-refractivity contribution in [2.75, 3.05) is 36.8 Å². The molecule has 0 aliphatic carbocycles. The van der Waals surface area contributed by atoms with Gasteiger partial charge in [-0.15, -0.1) is 22.7 Å². The standard InChI is InChI=1S/C36H44N6O2S2/c1-25-7-5-9-27(21-25)31-23-45-35(39-31)37-29-13-17-41(18-14-29)33(43)11-3-4-12-34(44)42-19-15-30(16-20-42)38-36-40-32(24-46-36)28-10-6-8-26(2)22-28/h5-10,21-24,29-30H,3-4,11-20H2,1-2H3,(H,37,39)(H,38,40). The zero-order chi connectivity index (χ0) is 31.9. The van der Waals surface area contributed by atoms with Crippen molar-refractivity contribution in [3.8, 4) is 22.5 Å². The summed E-state index contributed by atoms with van der Waals surface area (Å²) in [4.78, 5) is 39.3. The van der Waals surface area contributed by atoms with E-state index in [-0.39, 0.29) is 11.8 Å². The van der Waals surface area contributed by atoms with Crippen molar-refractivity contribution in [2.45, 2.75) is 77.3 Å². The van der Waals surface area contributed by atoms with Gasteiger partial charge in [0.1, 0.15) is 0 Å². The van der Waals surface area contributed by atoms with Gasteiger partial charge in [0.2, 0.25) is 11.8 Å². The Morgan fingerprint density at radius 1 is 0.696 bits per heavy atom. The van der Waals surface area contributed by atoms with E-state index in [0.717, 1.165) is 97.5 Å². The lowest BCUT2D eigenvalue weighted by Gasteiger charge is -2.33. The summed E-state index contributed by atoms with van der Waals surface area (Å²) < 4.78 is 0. The van der Waals surface area contributed by atoms with Crippen LogP contribution in [0, 0.1) is 13.8 Å². The number of benzene rings is 2. The molecule has 4 aromatic rings. The third kappa shape index (κ3) is 8.53. The van der Waals surface area contributed by atoms with Crippen molar-refractivity contribution in [2.24, 2.45) is 0 Å². The maximum Gasteiger partial charge on any atom is 0.222 e. The number of carbonyl (C=O) groups excluding carboxylic acids is 2. The Morgan fingerprint density at radius 3 is 1.50 bits per heavy atom. The minimum absolute atomic E-state index is 0.210. The van der Waals surface area contributed by atoms with Crippen molar-refractivity contribution in [3.63, 3.8) is 0 Å². The number of aromatic nitrogens is 2. The number of unbranched alkanes of at least 4 members (excludes halogenated alkanes) is 1. The average Bonchev–Trinajstić information content (AvgIpc) is 3.74. The normalized spacial score (nSPS) is 16.0. The fourth-order valence-corrected chi connectivity index (χ4v) is 7.91. The van der Waals surface area contributed by atoms with Gasteiger partial charge in [0.25, 0.3) is 0 Å². The monoisotopic (exact) mass is 656 g/mol. The molecule has 46 heavy (non-hydrogen) atoms. The molecule has 0 bridgehead atoms. The number of thiazole rings is 2. The number of carbonyl (C=O) groups is 2. The molecule has 2 aliphatic heterocycles. The van der Waals surface area contributed by atoms with E-state index in [0.29, 0.717) is 24.9 Å². The van der Waals surface area contributed by atoms with Crippen LogP contribution in [-0.4, -0.2) is 69.8 Å². The number of nitrogens with one attached hydrogen (secondary N) is 2. The van der Waals surface area contributed by atoms with Crippen molar-refractivity contribution in [1.29, 1.82) is 0 Å². The molecule has 2 aliphatic rings. The topological polar surface area (TPSA) is 90.5 Å². The van der Waals surface area contributed by atoms with Gasteiger partial charge in [-0.25, -0.2) is 9.97 Å². The SMILES string of the molecule is Cc1cccc(-c2csc(NC3CCN(C(=O)CCCCC(=O)N4CCC(Nc5nc(-c6cccc(C)c6)cs5)CC4)CC3)n2)c1. The van der Waals surface area contributed by atoms with Gasteiger partial charge >= 0.3 is 0 Å². The minimum Gasteiger partial charge on any atom is -0.359 e. The number of piperidine rings is 2. The second-order valence-corrected chi connectivity index (χ2v) is 14.3. The third-order valence-electron chi connectivity index (χ3n) is 9.02. The molecule has 6 rings (SSSR count). The van der Waals surface area contributed by atoms with E-state index in [2.05, 4.69) is 83.8 Å². The summed E-state index contributed by atoms with van der Waals surface area (Å²) in [7, 11) is 0. The average molecular weight is 657 g/mol. The molecule has 2 aromatic carbocycles. The second kappa shape index (κ2) is 15.2. The molecule has 4 heterocycles. The van der Waals surface area contributed by atoms with Crippen LogP contribution >= 0.6 is 22.7 Å². The molecule has 8 nitrogen and oxygen atoms in total. The van der Waals surface area contributed by atoms with E-state index >= 15 is 0 Å². The lowest BCUT2D eigenvalue weighted by atomic mass is 10.0. The number of nitrogens with zero attached hydrogens (tertiary/aromatic N) is 4. The van der Waals surface area contributed by atoms with Gasteiger partial charge in [-0.3, -0.25) is 9.59 Å². The Kier molecular flexibility index (Phi) is 10.7. The van der Waals surface area contributed by atoms with E-state index in [1.807, 2.05) is 9.80 Å². The van der Waals surface area contributed by atoms with Crippen LogP contribution in [0.1, 0.15) is 62.5 Å². The van der Waals surface area contributed by atoms with E-state index in [1.165, 1.54) is 11.1 Å². The third-order valence-corrected chi connectivity index (χ3v) is 10.6. The number of amides is 2. The molecule has 242 valence electrons. The summed E-state index contributed by atoms with van der Waals surface area (Å²) in [6, 6.07) is 17.5. The van der Waals surface area contributed by atoms with Crippen molar-refractivity contribution in [1.82, 2.24) is 19.8 Å². The molecule has 2 aromatic heterocycles. The summed E-state index contributed by atoms with van der Waals surface area (Å²) >= 11 is 3.28. The van der Waals surface area contributed by atoms with E-state index in [9.17, 15) is 9.59 Å². The quantitative estimate of drug-likeness (QED) is 0.162. The van der Waals surface area contributed by atoms with Crippen molar-refractivity contribution >= 4 is 44.8 Å². The summed E-state index contributed by atoms with van der Waals surface area (Å²) in [6.45, 7) is 7.26. The van der Waals surface area contributed by atoms with Crippen molar-refractivity contribution < 1.29 is 9.59 Å². The zero-order valence-electron chi connectivity index (χ0n) is 26.8. The van der Waals surface area contributed by atoms with Gasteiger partial charge in [0.05, 0.1) is 11.4 Å². The summed E-state index contributed by atoms with van der Waals surface area (Å²) in [5, 5.41) is 13.3. The van der Waals surface area contributed by atoms with Crippen LogP contribution in [0.3, 0.4) is 0 Å². The highest BCUT2D eigenvalue weighted by Gasteiger charge is 2.25. The smallest absolute Gasteiger partial charge is 0.222 e. The zero-order valence-corrected chi connectivity index (χ0v) is 28.5. The first-order valence-electron chi connectivity index (χ1n) is 16.5. The van der Waals surface area contributed by atoms with Gasteiger partial charge in [-0.1, -0.05) is 47.5 Å². The largest absolute Gasteiger partial charge is 0.359 e. The number of anilines is 2. The molecule has 10 heteroatoms. The predicted molar refractivity (Wildman–Crippen MR) is 189 cm³/mol. The second-order valence-electron chi connectivity index (χ2n) is 12.6. The first-order chi connectivity index (χ1) is 22.4. The highest BCUT2D eigenvalue weighted by Crippen LogP contribution is 2.29. The molecule has 2 amide bonds. The molecule has 2 N–H and O–H groups in total. The van der Waals surface area contributed by atoms with Crippen LogP contribution in [0.15, 0.2) is 59.3 Å². The fourth-order valence-electron chi connectivity index (χ4n) is 6.32. The summed E-state index contributed by atoms with van der Waals surface area (Å²) in [5.74, 6) is 0.419. The van der Waals surface area contributed by atoms with E-state index < -0.39 is 0 Å². The van der Waals surface area contributed by atoms with Crippen LogP contribution in [0.25, 0.3) is 22.5 Å². The Hall–Kier alpha value is -3.76. The van der Waals surface area contributed by atoms with Gasteiger partial charge in [0, 0.05) is 73.0 Å². The van der Waals surface area contributed by atoms with E-state index in [1.54, 1.807) is 22.7 Å². The van der Waals surface area contributed by atoms with Crippen LogP contribution in [-0.2, 0) is 9.59 Å². The summed E-state index contributed by atoms with van der Waals surface area (Å²) in [5.41, 5.74) is 6.75. The van der Waals surface area contributed by atoms with Gasteiger partial charge in [0.15, 0.2) is 10.3 Å². The van der Waals surface area contributed by atoms with Crippen molar-refractivity contribution in [3.05, 3.63) is 70.4 Å². The molecular weight excluding hydrogens is 613 g/mol. The van der Waals surface area contributed by atoms with Crippen LogP contribution < -0.4 is 10.6 Å². The molecule has 0 unspecified atom stereocenters. The molecule has 0 spiro atoms. The summed E-state index contributed by atoms with van der Waals surface area (Å²) in [6.07, 6.45) is 6.24. The lowest BCUT2D eigenvalue weighted by molar-refractivity contribution is -0.134.